The van der Waals surface area contributed by atoms with Gasteiger partial charge < -0.3 is 25.6 Å². The van der Waals surface area contributed by atoms with Gasteiger partial charge in [-0.1, -0.05) is 12.1 Å². The summed E-state index contributed by atoms with van der Waals surface area (Å²) in [6.45, 7) is 3.48. The molecule has 0 bridgehead atoms. The van der Waals surface area contributed by atoms with E-state index in [1.54, 1.807) is 0 Å². The van der Waals surface area contributed by atoms with Gasteiger partial charge in [0.25, 0.3) is 0 Å². The van der Waals surface area contributed by atoms with Gasteiger partial charge in [-0.25, -0.2) is 9.59 Å². The first-order valence-electron chi connectivity index (χ1n) is 9.97. The number of hydrogen-bond donors (Lipinski definition) is 4. The average Bonchev–Trinajstić information content (AvgIpc) is 3.22. The number of nitrogens with two attached hydrogens (primary N) is 1. The van der Waals surface area contributed by atoms with Crippen molar-refractivity contribution < 1.29 is 50.9 Å². The molecule has 2 heterocycles. The molecule has 36 heavy (non-hydrogen) atoms. The second-order valence-corrected chi connectivity index (χ2v) is 7.13. The van der Waals surface area contributed by atoms with E-state index < -0.39 is 24.3 Å². The highest BCUT2D eigenvalue weighted by Crippen LogP contribution is 2.29. The van der Waals surface area contributed by atoms with Gasteiger partial charge in [0, 0.05) is 35.4 Å². The number of morpholine rings is 1. The van der Waals surface area contributed by atoms with Gasteiger partial charge in [0.1, 0.15) is 0 Å². The lowest BCUT2D eigenvalue weighted by Gasteiger charge is -2.28. The summed E-state index contributed by atoms with van der Waals surface area (Å²) in [6.07, 6.45) is -10.2. The highest BCUT2D eigenvalue weighted by Gasteiger charge is 2.38. The number of anilines is 2. The number of carbonyl (C=O) groups is 2. The topological polar surface area (TPSA) is 142 Å². The van der Waals surface area contributed by atoms with Crippen LogP contribution in [0.3, 0.4) is 0 Å². The molecule has 4 rings (SSSR count). The highest BCUT2D eigenvalue weighted by atomic mass is 19.4. The molecule has 2 aromatic carbocycles. The van der Waals surface area contributed by atoms with Gasteiger partial charge >= 0.3 is 24.3 Å². The Balaban J connectivity index is 0.000000271. The van der Waals surface area contributed by atoms with Crippen molar-refractivity contribution in [1.82, 2.24) is 10.2 Å². The second-order valence-electron chi connectivity index (χ2n) is 7.13. The number of hydrogen-bond acceptors (Lipinski definition) is 6. The molecule has 0 aliphatic carbocycles. The number of aromatic nitrogens is 2. The molecule has 3 aromatic rings. The molecular weight excluding hydrogens is 502 g/mol. The summed E-state index contributed by atoms with van der Waals surface area (Å²) in [4.78, 5) is 20.1. The van der Waals surface area contributed by atoms with Crippen LogP contribution in [0.2, 0.25) is 0 Å². The summed E-state index contributed by atoms with van der Waals surface area (Å²) in [7, 11) is 0. The third-order valence-corrected chi connectivity index (χ3v) is 4.59. The molecule has 0 atom stereocenters. The van der Waals surface area contributed by atoms with E-state index in [4.69, 9.17) is 30.3 Å². The molecule has 0 saturated carbocycles. The number of benzene rings is 2. The lowest BCUT2D eigenvalue weighted by Crippen LogP contribution is -2.36. The maximum atomic E-state index is 10.6. The summed E-state index contributed by atoms with van der Waals surface area (Å²) < 4.78 is 68.9. The fraction of sp³-hybridized carbons (Fsp3) is 0.286. The van der Waals surface area contributed by atoms with Crippen molar-refractivity contribution in [3.8, 4) is 11.3 Å². The predicted molar refractivity (Wildman–Crippen MR) is 116 cm³/mol. The Morgan fingerprint density at radius 1 is 0.917 bits per heavy atom. The van der Waals surface area contributed by atoms with Gasteiger partial charge in [-0.15, -0.1) is 0 Å². The minimum Gasteiger partial charge on any atom is -0.475 e. The van der Waals surface area contributed by atoms with Gasteiger partial charge in [0.05, 0.1) is 24.4 Å². The molecule has 1 aliphatic heterocycles. The number of H-pyrrole nitrogens is 1. The van der Waals surface area contributed by atoms with Crippen molar-refractivity contribution in [2.45, 2.75) is 12.4 Å². The molecule has 15 heteroatoms. The van der Waals surface area contributed by atoms with Crippen LogP contribution in [-0.2, 0) is 14.3 Å². The molecule has 196 valence electrons. The van der Waals surface area contributed by atoms with Crippen LogP contribution in [0.1, 0.15) is 0 Å². The number of fused-ring (bicyclic) bond motifs is 1. The van der Waals surface area contributed by atoms with E-state index in [1.807, 2.05) is 18.2 Å². The van der Waals surface area contributed by atoms with Crippen LogP contribution in [0.15, 0.2) is 42.5 Å². The number of nitrogens with one attached hydrogen (secondary N) is 1. The Bertz CT molecular complexity index is 1150. The number of alkyl halides is 6. The summed E-state index contributed by atoms with van der Waals surface area (Å²) in [5.74, 6) is -5.51. The van der Waals surface area contributed by atoms with Crippen LogP contribution in [0.25, 0.3) is 22.2 Å². The molecule has 1 fully saturated rings. The van der Waals surface area contributed by atoms with E-state index in [0.717, 1.165) is 54.2 Å². The van der Waals surface area contributed by atoms with Crippen molar-refractivity contribution in [1.29, 1.82) is 0 Å². The summed E-state index contributed by atoms with van der Waals surface area (Å²) in [5, 5.41) is 22.8. The monoisotopic (exact) mass is 522 g/mol. The number of nitrogens with zero attached hydrogens (tertiary/aromatic N) is 2. The van der Waals surface area contributed by atoms with E-state index in [9.17, 15) is 26.3 Å². The first-order valence-corrected chi connectivity index (χ1v) is 9.97. The third kappa shape index (κ3) is 8.04. The maximum absolute atomic E-state index is 10.6. The number of aliphatic carboxylic acids is 2. The van der Waals surface area contributed by atoms with E-state index in [1.165, 1.54) is 5.69 Å². The Morgan fingerprint density at radius 3 is 1.89 bits per heavy atom. The predicted octanol–water partition coefficient (Wildman–Crippen LogP) is 3.92. The van der Waals surface area contributed by atoms with Gasteiger partial charge in [-0.05, 0) is 30.3 Å². The first-order chi connectivity index (χ1) is 16.7. The molecule has 0 amide bonds. The van der Waals surface area contributed by atoms with Crippen molar-refractivity contribution in [3.63, 3.8) is 0 Å². The first kappa shape index (κ1) is 28.2. The second kappa shape index (κ2) is 11.6. The molecule has 5 N–H and O–H groups in total. The van der Waals surface area contributed by atoms with Crippen molar-refractivity contribution in [3.05, 3.63) is 42.5 Å². The highest BCUT2D eigenvalue weighted by molar-refractivity contribution is 5.94. The SMILES string of the molecule is Nc1ccc2[nH]nc(-c3ccc(N4CCOCC4)cc3)c2c1.O=C(O)C(F)(F)F.O=C(O)C(F)(F)F. The van der Waals surface area contributed by atoms with E-state index in [2.05, 4.69) is 39.4 Å². The van der Waals surface area contributed by atoms with Crippen LogP contribution >= 0.6 is 0 Å². The summed E-state index contributed by atoms with van der Waals surface area (Å²) >= 11 is 0. The number of ether oxygens (including phenoxy) is 1. The number of carboxylic acid groups (broad SMARTS) is 2. The molecular formula is C21H20F6N4O5. The standard InChI is InChI=1S/C17H18N4O.2C2HF3O2/c18-13-3-6-16-15(11-13)17(20-19-16)12-1-4-14(5-2-12)21-7-9-22-10-8-21;2*3-2(4,5)1(6)7/h1-6,11H,7-10,18H2,(H,19,20);2*(H,6,7). The minimum atomic E-state index is -5.08. The molecule has 0 radical (unpaired) electrons. The smallest absolute Gasteiger partial charge is 0.475 e. The molecule has 1 aromatic heterocycles. The van der Waals surface area contributed by atoms with Crippen LogP contribution in [-0.4, -0.2) is 71.0 Å². The van der Waals surface area contributed by atoms with Gasteiger partial charge in [0.15, 0.2) is 0 Å². The number of aromatic amines is 1. The van der Waals surface area contributed by atoms with Gasteiger partial charge in [-0.3, -0.25) is 5.10 Å². The third-order valence-electron chi connectivity index (χ3n) is 4.59. The summed E-state index contributed by atoms with van der Waals surface area (Å²) in [6, 6.07) is 14.3. The molecule has 0 unspecified atom stereocenters. The summed E-state index contributed by atoms with van der Waals surface area (Å²) in [5.41, 5.74) is 10.9. The fourth-order valence-corrected chi connectivity index (χ4v) is 2.90. The van der Waals surface area contributed by atoms with Crippen LogP contribution in [0.5, 0.6) is 0 Å². The quantitative estimate of drug-likeness (QED) is 0.293. The number of carboxylic acids is 2. The lowest BCUT2D eigenvalue weighted by atomic mass is 10.1. The van der Waals surface area contributed by atoms with E-state index in [0.29, 0.717) is 0 Å². The minimum absolute atomic E-state index is 0.750. The Morgan fingerprint density at radius 2 is 1.42 bits per heavy atom. The number of rotatable bonds is 2. The van der Waals surface area contributed by atoms with Gasteiger partial charge in [-0.2, -0.15) is 31.4 Å². The largest absolute Gasteiger partial charge is 0.490 e. The zero-order valence-corrected chi connectivity index (χ0v) is 18.2. The molecule has 0 spiro atoms. The zero-order chi connectivity index (χ0) is 27.1. The van der Waals surface area contributed by atoms with Crippen LogP contribution in [0, 0.1) is 0 Å². The lowest BCUT2D eigenvalue weighted by molar-refractivity contribution is -0.193. The van der Waals surface area contributed by atoms with E-state index >= 15 is 0 Å². The van der Waals surface area contributed by atoms with Crippen LogP contribution in [0.4, 0.5) is 37.7 Å². The Labute approximate surface area is 199 Å². The molecule has 9 nitrogen and oxygen atoms in total. The molecule has 1 saturated heterocycles. The maximum Gasteiger partial charge on any atom is 0.490 e. The van der Waals surface area contributed by atoms with Crippen molar-refractivity contribution >= 4 is 34.2 Å². The van der Waals surface area contributed by atoms with Crippen molar-refractivity contribution in [2.75, 3.05) is 36.9 Å². The van der Waals surface area contributed by atoms with Crippen molar-refractivity contribution in [2.24, 2.45) is 0 Å². The fourth-order valence-electron chi connectivity index (χ4n) is 2.90. The Hall–Kier alpha value is -4.01. The number of halogens is 6. The molecule has 1 aliphatic rings. The van der Waals surface area contributed by atoms with E-state index in [-0.39, 0.29) is 0 Å². The number of nitrogen functional groups attached to an aromatic ring is 1. The van der Waals surface area contributed by atoms with Crippen LogP contribution < -0.4 is 10.6 Å². The normalized spacial score (nSPS) is 13.8. The average molecular weight is 522 g/mol. The van der Waals surface area contributed by atoms with Gasteiger partial charge in [0.2, 0.25) is 0 Å². The Kier molecular flexibility index (Phi) is 9.11. The zero-order valence-electron chi connectivity index (χ0n) is 18.2.